The number of hydrogen-bond donors (Lipinski definition) is 2. The minimum Gasteiger partial charge on any atom is -0.355 e. The lowest BCUT2D eigenvalue weighted by atomic mass is 9.86. The molecule has 152 valence electrons. The maximum absolute atomic E-state index is 12.1. The van der Waals surface area contributed by atoms with E-state index in [1.54, 1.807) is 18.4 Å². The van der Waals surface area contributed by atoms with Gasteiger partial charge in [-0.15, -0.1) is 11.3 Å². The smallest absolute Gasteiger partial charge is 0.213 e. The lowest BCUT2D eigenvalue weighted by molar-refractivity contribution is 0.316. The maximum Gasteiger partial charge on any atom is 0.213 e. The lowest BCUT2D eigenvalue weighted by Crippen LogP contribution is -2.42. The van der Waals surface area contributed by atoms with Gasteiger partial charge in [0, 0.05) is 32.1 Å². The average Bonchev–Trinajstić information content (AvgIpc) is 2.99. The minimum atomic E-state index is -3.24. The van der Waals surface area contributed by atoms with Crippen molar-refractivity contribution in [2.24, 2.45) is 10.9 Å². The van der Waals surface area contributed by atoms with Crippen LogP contribution in [-0.2, 0) is 29.4 Å². The number of hydrogen-bond acceptors (Lipinski definition) is 5. The Labute approximate surface area is 166 Å². The summed E-state index contributed by atoms with van der Waals surface area (Å²) >= 11 is 1.80. The van der Waals surface area contributed by atoms with Gasteiger partial charge in [0.05, 0.1) is 18.0 Å². The lowest BCUT2D eigenvalue weighted by Gasteiger charge is -2.25. The largest absolute Gasteiger partial charge is 0.355 e. The molecule has 9 heteroatoms. The standard InChI is InChI=1S/C18H31N5O2S2/c1-19-18(20-10-11-27(24,25)21-12-14-6-5-7-14)23(2)13-17-22-15-8-3-4-9-16(15)26-17/h14,21H,3-13H2,1-2H3,(H,19,20). The summed E-state index contributed by atoms with van der Waals surface area (Å²) in [6, 6.07) is 0. The highest BCUT2D eigenvalue weighted by molar-refractivity contribution is 7.89. The highest BCUT2D eigenvalue weighted by Crippen LogP contribution is 2.27. The fourth-order valence-electron chi connectivity index (χ4n) is 3.45. The van der Waals surface area contributed by atoms with E-state index in [9.17, 15) is 8.42 Å². The van der Waals surface area contributed by atoms with E-state index in [1.165, 1.54) is 29.8 Å². The van der Waals surface area contributed by atoms with Crippen molar-refractivity contribution < 1.29 is 8.42 Å². The summed E-state index contributed by atoms with van der Waals surface area (Å²) in [7, 11) is 0.435. The van der Waals surface area contributed by atoms with Crippen molar-refractivity contribution in [3.8, 4) is 0 Å². The van der Waals surface area contributed by atoms with Crippen LogP contribution in [0, 0.1) is 5.92 Å². The van der Waals surface area contributed by atoms with Crippen molar-refractivity contribution in [2.45, 2.75) is 51.5 Å². The van der Waals surface area contributed by atoms with Gasteiger partial charge in [-0.05, 0) is 44.4 Å². The van der Waals surface area contributed by atoms with Crippen LogP contribution in [0.5, 0.6) is 0 Å². The summed E-state index contributed by atoms with van der Waals surface area (Å²) in [6.07, 6.45) is 8.23. The van der Waals surface area contributed by atoms with E-state index in [-0.39, 0.29) is 5.75 Å². The number of guanidine groups is 1. The number of aromatic nitrogens is 1. The first-order valence-electron chi connectivity index (χ1n) is 9.83. The number of thiazole rings is 1. The van der Waals surface area contributed by atoms with Crippen LogP contribution in [-0.4, -0.2) is 57.2 Å². The second-order valence-electron chi connectivity index (χ2n) is 7.48. The van der Waals surface area contributed by atoms with Crippen LogP contribution in [0.3, 0.4) is 0 Å². The van der Waals surface area contributed by atoms with Crippen LogP contribution in [0.1, 0.15) is 47.7 Å². The molecule has 1 heterocycles. The van der Waals surface area contributed by atoms with Gasteiger partial charge in [-0.25, -0.2) is 18.1 Å². The van der Waals surface area contributed by atoms with Crippen molar-refractivity contribution in [2.75, 3.05) is 32.9 Å². The molecule has 1 fully saturated rings. The van der Waals surface area contributed by atoms with Crippen LogP contribution in [0.4, 0.5) is 0 Å². The Morgan fingerprint density at radius 3 is 2.74 bits per heavy atom. The highest BCUT2D eigenvalue weighted by atomic mass is 32.2. The van der Waals surface area contributed by atoms with Gasteiger partial charge in [0.25, 0.3) is 0 Å². The molecule has 7 nitrogen and oxygen atoms in total. The molecule has 0 saturated heterocycles. The van der Waals surface area contributed by atoms with Crippen molar-refractivity contribution in [3.63, 3.8) is 0 Å². The van der Waals surface area contributed by atoms with Crippen molar-refractivity contribution in [3.05, 3.63) is 15.6 Å². The van der Waals surface area contributed by atoms with Gasteiger partial charge in [-0.3, -0.25) is 4.99 Å². The van der Waals surface area contributed by atoms with Gasteiger partial charge < -0.3 is 10.2 Å². The van der Waals surface area contributed by atoms with Crippen LogP contribution < -0.4 is 10.0 Å². The fraction of sp³-hybridized carbons (Fsp3) is 0.778. The summed E-state index contributed by atoms with van der Waals surface area (Å²) in [5.74, 6) is 1.27. The quantitative estimate of drug-likeness (QED) is 0.501. The summed E-state index contributed by atoms with van der Waals surface area (Å²) in [6.45, 7) is 1.60. The molecule has 3 rings (SSSR count). The molecule has 2 aliphatic rings. The summed E-state index contributed by atoms with van der Waals surface area (Å²) in [5.41, 5.74) is 1.27. The molecule has 2 N–H and O–H groups in total. The molecule has 1 saturated carbocycles. The van der Waals surface area contributed by atoms with E-state index < -0.39 is 10.0 Å². The van der Waals surface area contributed by atoms with E-state index in [0.29, 0.717) is 31.5 Å². The third-order valence-corrected chi connectivity index (χ3v) is 7.80. The summed E-state index contributed by atoms with van der Waals surface area (Å²) < 4.78 is 26.9. The molecule has 0 spiro atoms. The first-order valence-corrected chi connectivity index (χ1v) is 12.3. The van der Waals surface area contributed by atoms with Gasteiger partial charge in [-0.2, -0.15) is 0 Å². The number of rotatable bonds is 8. The molecule has 1 aromatic heterocycles. The molecule has 27 heavy (non-hydrogen) atoms. The Bertz CT molecular complexity index is 732. The number of aryl methyl sites for hydroxylation is 2. The van der Waals surface area contributed by atoms with Gasteiger partial charge in [0.15, 0.2) is 5.96 Å². The Morgan fingerprint density at radius 2 is 2.07 bits per heavy atom. The van der Waals surface area contributed by atoms with Gasteiger partial charge >= 0.3 is 0 Å². The third kappa shape index (κ3) is 5.89. The number of fused-ring (bicyclic) bond motifs is 1. The Hall–Kier alpha value is -1.19. The van der Waals surface area contributed by atoms with Crippen molar-refractivity contribution >= 4 is 27.3 Å². The van der Waals surface area contributed by atoms with E-state index in [0.717, 1.165) is 30.7 Å². The number of nitrogens with zero attached hydrogens (tertiary/aromatic N) is 3. The van der Waals surface area contributed by atoms with Crippen LogP contribution >= 0.6 is 11.3 Å². The molecule has 0 aromatic carbocycles. The monoisotopic (exact) mass is 413 g/mol. The predicted octanol–water partition coefficient (Wildman–Crippen LogP) is 1.75. The second kappa shape index (κ2) is 9.34. The molecule has 0 amide bonds. The molecular weight excluding hydrogens is 382 g/mol. The molecule has 0 aliphatic heterocycles. The van der Waals surface area contributed by atoms with E-state index in [4.69, 9.17) is 4.98 Å². The predicted molar refractivity (Wildman–Crippen MR) is 111 cm³/mol. The number of nitrogens with one attached hydrogen (secondary N) is 2. The molecular formula is C18H31N5O2S2. The van der Waals surface area contributed by atoms with Gasteiger partial charge in [0.2, 0.25) is 10.0 Å². The number of sulfonamides is 1. The molecule has 2 aliphatic carbocycles. The number of aliphatic imine (C=N–C) groups is 1. The van der Waals surface area contributed by atoms with E-state index >= 15 is 0 Å². The Balaban J connectivity index is 1.44. The molecule has 0 bridgehead atoms. The van der Waals surface area contributed by atoms with Crippen LogP contribution in [0.2, 0.25) is 0 Å². The Kier molecular flexibility index (Phi) is 7.10. The zero-order valence-electron chi connectivity index (χ0n) is 16.3. The average molecular weight is 414 g/mol. The van der Waals surface area contributed by atoms with Gasteiger partial charge in [0.1, 0.15) is 5.01 Å². The van der Waals surface area contributed by atoms with Crippen LogP contribution in [0.25, 0.3) is 0 Å². The Morgan fingerprint density at radius 1 is 1.30 bits per heavy atom. The topological polar surface area (TPSA) is 86.7 Å². The van der Waals surface area contributed by atoms with Crippen molar-refractivity contribution in [1.29, 1.82) is 0 Å². The highest BCUT2D eigenvalue weighted by Gasteiger charge is 2.20. The maximum atomic E-state index is 12.1. The zero-order valence-corrected chi connectivity index (χ0v) is 18.0. The van der Waals surface area contributed by atoms with Crippen molar-refractivity contribution in [1.82, 2.24) is 19.9 Å². The molecule has 0 radical (unpaired) electrons. The SMILES string of the molecule is CN=C(NCCS(=O)(=O)NCC1CCC1)N(C)Cc1nc2c(s1)CCCC2. The molecule has 1 aromatic rings. The first kappa shape index (κ1) is 20.5. The summed E-state index contributed by atoms with van der Waals surface area (Å²) in [4.78, 5) is 12.5. The normalized spacial score (nSPS) is 18.1. The summed E-state index contributed by atoms with van der Waals surface area (Å²) in [5, 5.41) is 4.26. The second-order valence-corrected chi connectivity index (χ2v) is 10.6. The molecule has 0 atom stereocenters. The fourth-order valence-corrected chi connectivity index (χ4v) is 5.66. The third-order valence-electron chi connectivity index (χ3n) is 5.31. The first-order chi connectivity index (χ1) is 13.0. The zero-order chi connectivity index (χ0) is 19.3. The van der Waals surface area contributed by atoms with E-state index in [2.05, 4.69) is 15.0 Å². The van der Waals surface area contributed by atoms with Gasteiger partial charge in [-0.1, -0.05) is 6.42 Å². The van der Waals surface area contributed by atoms with E-state index in [1.807, 2.05) is 11.9 Å². The minimum absolute atomic E-state index is 0.0537. The van der Waals surface area contributed by atoms with Crippen LogP contribution in [0.15, 0.2) is 4.99 Å². The molecule has 0 unspecified atom stereocenters.